The van der Waals surface area contributed by atoms with Gasteiger partial charge in [0.25, 0.3) is 11.6 Å². The summed E-state index contributed by atoms with van der Waals surface area (Å²) in [5, 5.41) is 14.1. The fourth-order valence-electron chi connectivity index (χ4n) is 2.59. The van der Waals surface area contributed by atoms with Crippen LogP contribution in [0.4, 0.5) is 11.4 Å². The fraction of sp³-hybridized carbons (Fsp3) is 0. The molecule has 0 saturated heterocycles. The van der Waals surface area contributed by atoms with Crippen molar-refractivity contribution in [1.82, 2.24) is 0 Å². The maximum atomic E-state index is 13.0. The highest BCUT2D eigenvalue weighted by Gasteiger charge is 2.21. The van der Waals surface area contributed by atoms with E-state index in [9.17, 15) is 19.7 Å². The van der Waals surface area contributed by atoms with Gasteiger partial charge in [0.1, 0.15) is 0 Å². The van der Waals surface area contributed by atoms with Gasteiger partial charge < -0.3 is 5.32 Å². The number of carbonyl (C=O) groups is 2. The van der Waals surface area contributed by atoms with Gasteiger partial charge in [0, 0.05) is 28.3 Å². The number of nitrogens with one attached hydrogen (secondary N) is 1. The van der Waals surface area contributed by atoms with Gasteiger partial charge in [-0.15, -0.1) is 0 Å². The Kier molecular flexibility index (Phi) is 6.17. The highest BCUT2D eigenvalue weighted by Crippen LogP contribution is 2.28. The van der Waals surface area contributed by atoms with Crippen LogP contribution >= 0.6 is 34.8 Å². The molecule has 29 heavy (non-hydrogen) atoms. The third-order valence-corrected chi connectivity index (χ3v) is 4.89. The number of hydrogen-bond acceptors (Lipinski definition) is 4. The van der Waals surface area contributed by atoms with E-state index in [1.165, 1.54) is 30.3 Å². The van der Waals surface area contributed by atoms with E-state index >= 15 is 0 Å². The molecule has 0 spiro atoms. The number of nitrogens with zero attached hydrogens (tertiary/aromatic N) is 1. The van der Waals surface area contributed by atoms with Gasteiger partial charge >= 0.3 is 0 Å². The molecule has 0 saturated carbocycles. The van der Waals surface area contributed by atoms with E-state index in [1.54, 1.807) is 24.3 Å². The van der Waals surface area contributed by atoms with Crippen LogP contribution in [-0.2, 0) is 0 Å². The predicted octanol–water partition coefficient (Wildman–Crippen LogP) is 6.04. The predicted molar refractivity (Wildman–Crippen MR) is 112 cm³/mol. The van der Waals surface area contributed by atoms with Crippen molar-refractivity contribution in [3.05, 3.63) is 103 Å². The Bertz CT molecular complexity index is 1150. The molecule has 0 aliphatic rings. The summed E-state index contributed by atoms with van der Waals surface area (Å²) in [6.45, 7) is 0. The van der Waals surface area contributed by atoms with Gasteiger partial charge in [-0.05, 0) is 36.4 Å². The zero-order chi connectivity index (χ0) is 21.1. The van der Waals surface area contributed by atoms with Crippen LogP contribution in [0.15, 0.2) is 60.7 Å². The molecule has 0 aromatic heterocycles. The minimum Gasteiger partial charge on any atom is -0.321 e. The molecule has 0 aliphatic carbocycles. The quantitative estimate of drug-likeness (QED) is 0.292. The van der Waals surface area contributed by atoms with Gasteiger partial charge in [-0.25, -0.2) is 0 Å². The highest BCUT2D eigenvalue weighted by molar-refractivity contribution is 6.36. The Hall–Kier alpha value is -2.93. The summed E-state index contributed by atoms with van der Waals surface area (Å²) in [7, 11) is 0. The number of halogens is 3. The third-order valence-electron chi connectivity index (χ3n) is 4.00. The minimum absolute atomic E-state index is 0.0287. The van der Waals surface area contributed by atoms with Gasteiger partial charge in [-0.1, -0.05) is 46.9 Å². The van der Waals surface area contributed by atoms with Crippen molar-refractivity contribution in [3.63, 3.8) is 0 Å². The molecule has 0 fully saturated rings. The van der Waals surface area contributed by atoms with E-state index in [2.05, 4.69) is 5.32 Å². The molecule has 9 heteroatoms. The Balaban J connectivity index is 2.00. The molecule has 6 nitrogen and oxygen atoms in total. The number of benzene rings is 3. The van der Waals surface area contributed by atoms with Crippen LogP contribution in [0.5, 0.6) is 0 Å². The van der Waals surface area contributed by atoms with Crippen LogP contribution in [0.3, 0.4) is 0 Å². The maximum Gasteiger partial charge on any atom is 0.270 e. The van der Waals surface area contributed by atoms with Crippen LogP contribution in [0, 0.1) is 10.1 Å². The Morgan fingerprint density at radius 2 is 1.52 bits per heavy atom. The summed E-state index contributed by atoms with van der Waals surface area (Å²) < 4.78 is 0. The number of nitro groups is 1. The number of hydrogen-bond donors (Lipinski definition) is 1. The lowest BCUT2D eigenvalue weighted by Gasteiger charge is -2.12. The number of nitro benzene ring substituents is 1. The molecule has 146 valence electrons. The fourth-order valence-corrected chi connectivity index (χ4v) is 3.19. The summed E-state index contributed by atoms with van der Waals surface area (Å²) >= 11 is 18.2. The lowest BCUT2D eigenvalue weighted by atomic mass is 10.0. The molecule has 0 heterocycles. The second-order valence-corrected chi connectivity index (χ2v) is 7.13. The molecular weight excluding hydrogens is 439 g/mol. The number of non-ortho nitro benzene ring substituents is 1. The lowest BCUT2D eigenvalue weighted by Crippen LogP contribution is -2.16. The standard InChI is InChI=1S/C20H11Cl3N2O4/c21-11-5-8-18(15(9-11)19(26)13-3-1-2-4-16(13)22)24-20(27)14-10-12(25(28)29)6-7-17(14)23/h1-10H,(H,24,27). The molecule has 1 N–H and O–H groups in total. The van der Waals surface area contributed by atoms with Crippen molar-refractivity contribution in [2.75, 3.05) is 5.32 Å². The summed E-state index contributed by atoms with van der Waals surface area (Å²) in [6, 6.07) is 14.3. The topological polar surface area (TPSA) is 89.3 Å². The van der Waals surface area contributed by atoms with E-state index in [1.807, 2.05) is 0 Å². The van der Waals surface area contributed by atoms with Crippen LogP contribution in [0.1, 0.15) is 26.3 Å². The zero-order valence-corrected chi connectivity index (χ0v) is 16.8. The van der Waals surface area contributed by atoms with Crippen molar-refractivity contribution in [2.24, 2.45) is 0 Å². The molecule has 0 aliphatic heterocycles. The number of amides is 1. The average molecular weight is 450 g/mol. The SMILES string of the molecule is O=C(Nc1ccc(Cl)cc1C(=O)c1ccccc1Cl)c1cc([N+](=O)[O-])ccc1Cl. The van der Waals surface area contributed by atoms with Gasteiger partial charge in [0.15, 0.2) is 5.78 Å². The molecule has 0 bridgehead atoms. The Morgan fingerprint density at radius 3 is 2.21 bits per heavy atom. The van der Waals surface area contributed by atoms with E-state index < -0.39 is 16.6 Å². The first-order valence-corrected chi connectivity index (χ1v) is 9.25. The van der Waals surface area contributed by atoms with Crippen LogP contribution in [0.25, 0.3) is 0 Å². The lowest BCUT2D eigenvalue weighted by molar-refractivity contribution is -0.384. The average Bonchev–Trinajstić information content (AvgIpc) is 2.69. The van der Waals surface area contributed by atoms with E-state index in [4.69, 9.17) is 34.8 Å². The zero-order valence-electron chi connectivity index (χ0n) is 14.5. The van der Waals surface area contributed by atoms with Crippen molar-refractivity contribution in [1.29, 1.82) is 0 Å². The maximum absolute atomic E-state index is 13.0. The van der Waals surface area contributed by atoms with Gasteiger partial charge in [0.2, 0.25) is 0 Å². The van der Waals surface area contributed by atoms with Crippen molar-refractivity contribution < 1.29 is 14.5 Å². The second kappa shape index (κ2) is 8.61. The summed E-state index contributed by atoms with van der Waals surface area (Å²) in [5.74, 6) is -1.16. The molecule has 0 atom stereocenters. The van der Waals surface area contributed by atoms with Gasteiger partial charge in [0.05, 0.1) is 26.2 Å². The molecule has 3 rings (SSSR count). The third kappa shape index (κ3) is 4.56. The molecule has 0 unspecified atom stereocenters. The summed E-state index contributed by atoms with van der Waals surface area (Å²) in [5.41, 5.74) is 0.114. The number of carbonyl (C=O) groups excluding carboxylic acids is 2. The number of rotatable bonds is 5. The Labute approximate surface area is 180 Å². The van der Waals surface area contributed by atoms with Crippen LogP contribution in [-0.4, -0.2) is 16.6 Å². The second-order valence-electron chi connectivity index (χ2n) is 5.87. The van der Waals surface area contributed by atoms with E-state index in [-0.39, 0.29) is 43.1 Å². The summed E-state index contributed by atoms with van der Waals surface area (Å²) in [6.07, 6.45) is 0. The largest absolute Gasteiger partial charge is 0.321 e. The molecule has 3 aromatic rings. The number of ketones is 1. The van der Waals surface area contributed by atoms with Crippen molar-refractivity contribution in [3.8, 4) is 0 Å². The van der Waals surface area contributed by atoms with Crippen molar-refractivity contribution >= 4 is 57.9 Å². The molecule has 0 radical (unpaired) electrons. The first-order valence-electron chi connectivity index (χ1n) is 8.12. The number of anilines is 1. The van der Waals surface area contributed by atoms with Crippen LogP contribution in [0.2, 0.25) is 15.1 Å². The van der Waals surface area contributed by atoms with E-state index in [0.717, 1.165) is 6.07 Å². The molecular formula is C20H11Cl3N2O4. The van der Waals surface area contributed by atoms with Crippen molar-refractivity contribution in [2.45, 2.75) is 0 Å². The normalized spacial score (nSPS) is 10.4. The van der Waals surface area contributed by atoms with E-state index in [0.29, 0.717) is 0 Å². The monoisotopic (exact) mass is 448 g/mol. The minimum atomic E-state index is -0.714. The van der Waals surface area contributed by atoms with Gasteiger partial charge in [-0.3, -0.25) is 19.7 Å². The highest BCUT2D eigenvalue weighted by atomic mass is 35.5. The smallest absolute Gasteiger partial charge is 0.270 e. The first kappa shape index (κ1) is 20.8. The molecule has 1 amide bonds. The van der Waals surface area contributed by atoms with Crippen LogP contribution < -0.4 is 5.32 Å². The first-order chi connectivity index (χ1) is 13.8. The molecule has 3 aromatic carbocycles. The van der Waals surface area contributed by atoms with Gasteiger partial charge in [-0.2, -0.15) is 0 Å². The summed E-state index contributed by atoms with van der Waals surface area (Å²) in [4.78, 5) is 36.0. The Morgan fingerprint density at radius 1 is 0.828 bits per heavy atom.